The van der Waals surface area contributed by atoms with Gasteiger partial charge in [0.2, 0.25) is 11.8 Å². The van der Waals surface area contributed by atoms with Gasteiger partial charge in [-0.25, -0.2) is 15.6 Å². The summed E-state index contributed by atoms with van der Waals surface area (Å²) in [6.07, 6.45) is 1.44. The van der Waals surface area contributed by atoms with Crippen LogP contribution in [-0.2, 0) is 9.59 Å². The summed E-state index contributed by atoms with van der Waals surface area (Å²) in [5.41, 5.74) is -0.187. The number of nitrogens with zero attached hydrogens (tertiary/aromatic N) is 3. The van der Waals surface area contributed by atoms with E-state index >= 15 is 0 Å². The average Bonchev–Trinajstić information content (AvgIpc) is 2.68. The highest BCUT2D eigenvalue weighted by Crippen LogP contribution is 2.20. The van der Waals surface area contributed by atoms with Gasteiger partial charge in [0.15, 0.2) is 5.82 Å². The molecule has 18 heavy (non-hydrogen) atoms. The Morgan fingerprint density at radius 1 is 1.39 bits per heavy atom. The summed E-state index contributed by atoms with van der Waals surface area (Å²) in [5, 5.41) is 10.4. The van der Waals surface area contributed by atoms with E-state index < -0.39 is 17.8 Å². The number of anilines is 1. The molecule has 8 nitrogen and oxygen atoms in total. The number of pyridine rings is 1. The van der Waals surface area contributed by atoms with Gasteiger partial charge < -0.3 is 5.11 Å². The summed E-state index contributed by atoms with van der Waals surface area (Å²) in [6, 6.07) is 2.71. The van der Waals surface area contributed by atoms with Gasteiger partial charge in [-0.05, 0) is 12.1 Å². The molecule has 3 N–H and O–H groups in total. The van der Waals surface area contributed by atoms with Crippen LogP contribution >= 0.6 is 0 Å². The number of nitrogens with two attached hydrogens (primary N) is 1. The van der Waals surface area contributed by atoms with E-state index in [4.69, 9.17) is 10.9 Å². The minimum Gasteiger partial charge on any atom is -0.478 e. The maximum absolute atomic E-state index is 11.5. The van der Waals surface area contributed by atoms with Gasteiger partial charge in [0.1, 0.15) is 5.56 Å². The van der Waals surface area contributed by atoms with E-state index in [9.17, 15) is 14.4 Å². The van der Waals surface area contributed by atoms with Gasteiger partial charge in [-0.15, -0.1) is 0 Å². The van der Waals surface area contributed by atoms with Crippen LogP contribution in [0.5, 0.6) is 0 Å². The Bertz CT molecular complexity index is 514. The lowest BCUT2D eigenvalue weighted by Crippen LogP contribution is -2.51. The largest absolute Gasteiger partial charge is 0.478 e. The molecule has 94 valence electrons. The highest BCUT2D eigenvalue weighted by atomic mass is 16.4. The van der Waals surface area contributed by atoms with Gasteiger partial charge in [-0.2, -0.15) is 10.1 Å². The number of carbonyl (C=O) groups excluding carboxylic acids is 2. The van der Waals surface area contributed by atoms with Gasteiger partial charge in [-0.3, -0.25) is 9.59 Å². The van der Waals surface area contributed by atoms with Crippen molar-refractivity contribution in [2.24, 2.45) is 5.84 Å². The number of carbonyl (C=O) groups is 3. The predicted octanol–water partition coefficient (Wildman–Crippen LogP) is -0.476. The molecule has 1 aromatic heterocycles. The second-order valence-corrected chi connectivity index (χ2v) is 3.62. The number of aromatic carboxylic acids is 1. The zero-order chi connectivity index (χ0) is 13.3. The minimum absolute atomic E-state index is 0.0573. The lowest BCUT2D eigenvalue weighted by atomic mass is 10.2. The van der Waals surface area contributed by atoms with Crippen LogP contribution < -0.4 is 11.0 Å². The zero-order valence-electron chi connectivity index (χ0n) is 9.24. The first-order valence-electron chi connectivity index (χ1n) is 5.11. The van der Waals surface area contributed by atoms with Crippen LogP contribution in [0.3, 0.4) is 0 Å². The zero-order valence-corrected chi connectivity index (χ0v) is 9.24. The van der Waals surface area contributed by atoms with Crippen LogP contribution in [0.2, 0.25) is 0 Å². The molecule has 2 heterocycles. The number of amides is 2. The Kier molecular flexibility index (Phi) is 2.94. The maximum atomic E-state index is 11.5. The van der Waals surface area contributed by atoms with Crippen molar-refractivity contribution >= 4 is 23.6 Å². The molecular formula is C10H10N4O4. The van der Waals surface area contributed by atoms with Gasteiger partial charge >= 0.3 is 5.97 Å². The molecule has 0 bridgehead atoms. The number of imide groups is 1. The van der Waals surface area contributed by atoms with Crippen LogP contribution in [0.15, 0.2) is 18.3 Å². The maximum Gasteiger partial charge on any atom is 0.339 e. The summed E-state index contributed by atoms with van der Waals surface area (Å²) in [5.74, 6) is 3.25. The van der Waals surface area contributed by atoms with Gasteiger partial charge in [0.05, 0.1) is 0 Å². The van der Waals surface area contributed by atoms with Crippen LogP contribution in [0, 0.1) is 0 Å². The molecule has 0 saturated carbocycles. The van der Waals surface area contributed by atoms with Crippen molar-refractivity contribution in [3.63, 3.8) is 0 Å². The normalized spacial score (nSPS) is 15.1. The van der Waals surface area contributed by atoms with E-state index in [1.807, 2.05) is 0 Å². The first kappa shape index (κ1) is 12.0. The molecule has 1 aliphatic rings. The molecule has 8 heteroatoms. The number of aromatic nitrogens is 1. The molecule has 0 unspecified atom stereocenters. The Morgan fingerprint density at radius 2 is 2.00 bits per heavy atom. The van der Waals surface area contributed by atoms with Crippen molar-refractivity contribution in [2.75, 3.05) is 5.12 Å². The molecule has 0 spiro atoms. The van der Waals surface area contributed by atoms with Crippen molar-refractivity contribution in [3.05, 3.63) is 23.9 Å². The first-order chi connectivity index (χ1) is 8.52. The summed E-state index contributed by atoms with van der Waals surface area (Å²) in [7, 11) is 0. The van der Waals surface area contributed by atoms with E-state index in [2.05, 4.69) is 4.98 Å². The molecule has 1 aromatic rings. The fraction of sp³-hybridized carbons (Fsp3) is 0.200. The molecule has 1 aliphatic heterocycles. The van der Waals surface area contributed by atoms with E-state index in [1.54, 1.807) is 0 Å². The third-order valence-corrected chi connectivity index (χ3v) is 2.47. The molecule has 2 rings (SSSR count). The minimum atomic E-state index is -1.24. The first-order valence-corrected chi connectivity index (χ1v) is 5.11. The number of hydrogen-bond donors (Lipinski definition) is 2. The van der Waals surface area contributed by atoms with Crippen molar-refractivity contribution in [1.82, 2.24) is 9.99 Å². The van der Waals surface area contributed by atoms with E-state index in [1.165, 1.54) is 18.3 Å². The van der Waals surface area contributed by atoms with Gasteiger partial charge in [0, 0.05) is 19.0 Å². The predicted molar refractivity (Wildman–Crippen MR) is 58.9 cm³/mol. The van der Waals surface area contributed by atoms with E-state index in [-0.39, 0.29) is 24.2 Å². The fourth-order valence-corrected chi connectivity index (χ4v) is 1.65. The Hall–Kier alpha value is -2.48. The Labute approximate surface area is 102 Å². The Balaban J connectivity index is 2.40. The summed E-state index contributed by atoms with van der Waals surface area (Å²) >= 11 is 0. The molecule has 0 aliphatic carbocycles. The Morgan fingerprint density at radius 3 is 2.56 bits per heavy atom. The number of carboxylic acid groups (broad SMARTS) is 1. The number of hydrazine groups is 2. The summed E-state index contributed by atoms with van der Waals surface area (Å²) in [4.78, 5) is 37.8. The summed E-state index contributed by atoms with van der Waals surface area (Å²) in [6.45, 7) is 0. The fourth-order valence-electron chi connectivity index (χ4n) is 1.65. The van der Waals surface area contributed by atoms with E-state index in [0.29, 0.717) is 10.1 Å². The highest BCUT2D eigenvalue weighted by Gasteiger charge is 2.35. The molecule has 1 saturated heterocycles. The van der Waals surface area contributed by atoms with Gasteiger partial charge in [0.25, 0.3) is 0 Å². The lowest BCUT2D eigenvalue weighted by molar-refractivity contribution is -0.139. The van der Waals surface area contributed by atoms with Crippen LogP contribution in [0.4, 0.5) is 5.82 Å². The molecule has 0 atom stereocenters. The quantitative estimate of drug-likeness (QED) is 0.423. The standard InChI is InChI=1S/C10H10N4O4/c11-14(13-7(15)3-4-8(13)16)9-6(10(17)18)2-1-5-12-9/h1-2,5H,3-4,11H2,(H,17,18). The van der Waals surface area contributed by atoms with Crippen molar-refractivity contribution in [2.45, 2.75) is 12.8 Å². The van der Waals surface area contributed by atoms with E-state index in [0.717, 1.165) is 0 Å². The number of rotatable bonds is 3. The lowest BCUT2D eigenvalue weighted by Gasteiger charge is -2.26. The van der Waals surface area contributed by atoms with Crippen LogP contribution in [-0.4, -0.2) is 32.9 Å². The van der Waals surface area contributed by atoms with Crippen LogP contribution in [0.1, 0.15) is 23.2 Å². The SMILES string of the molecule is NN(c1ncccc1C(=O)O)N1C(=O)CCC1=O. The molecule has 0 radical (unpaired) electrons. The van der Waals surface area contributed by atoms with Crippen molar-refractivity contribution < 1.29 is 19.5 Å². The van der Waals surface area contributed by atoms with Crippen molar-refractivity contribution in [1.29, 1.82) is 0 Å². The highest BCUT2D eigenvalue weighted by molar-refractivity contribution is 6.04. The molecule has 0 aromatic carbocycles. The topological polar surface area (TPSA) is 117 Å². The van der Waals surface area contributed by atoms with Gasteiger partial charge in [-0.1, -0.05) is 0 Å². The third kappa shape index (κ3) is 1.89. The third-order valence-electron chi connectivity index (χ3n) is 2.47. The number of carboxylic acids is 1. The average molecular weight is 250 g/mol. The van der Waals surface area contributed by atoms with Crippen molar-refractivity contribution in [3.8, 4) is 0 Å². The van der Waals surface area contributed by atoms with Crippen LogP contribution in [0.25, 0.3) is 0 Å². The smallest absolute Gasteiger partial charge is 0.339 e. The second-order valence-electron chi connectivity index (χ2n) is 3.62. The number of hydrogen-bond acceptors (Lipinski definition) is 6. The molecular weight excluding hydrogens is 240 g/mol. The molecule has 2 amide bonds. The summed E-state index contributed by atoms with van der Waals surface area (Å²) < 4.78 is 0. The molecule has 1 fully saturated rings. The monoisotopic (exact) mass is 250 g/mol. The second kappa shape index (κ2) is 4.41.